The summed E-state index contributed by atoms with van der Waals surface area (Å²) in [5, 5.41) is 4.04. The number of aromatic nitrogens is 1. The van der Waals surface area contributed by atoms with Gasteiger partial charge in [0.05, 0.1) is 0 Å². The van der Waals surface area contributed by atoms with E-state index in [-0.39, 0.29) is 11.7 Å². The first-order valence-electron chi connectivity index (χ1n) is 9.10. The van der Waals surface area contributed by atoms with Crippen LogP contribution in [0, 0.1) is 0 Å². The summed E-state index contributed by atoms with van der Waals surface area (Å²) in [4.78, 5) is 16.7. The first kappa shape index (κ1) is 18.9. The van der Waals surface area contributed by atoms with Gasteiger partial charge in [-0.3, -0.25) is 4.79 Å². The molecule has 0 atom stereocenters. The summed E-state index contributed by atoms with van der Waals surface area (Å²) in [6, 6.07) is 19.8. The molecule has 3 aromatic rings. The van der Waals surface area contributed by atoms with Crippen molar-refractivity contribution in [1.82, 2.24) is 15.0 Å². The summed E-state index contributed by atoms with van der Waals surface area (Å²) in [6.45, 7) is 4.00. The van der Waals surface area contributed by atoms with Crippen LogP contribution in [0.1, 0.15) is 28.6 Å². The smallest absolute Gasteiger partial charge is 0.292 e. The number of hydrogen-bond acceptors (Lipinski definition) is 4. The van der Waals surface area contributed by atoms with E-state index in [2.05, 4.69) is 34.3 Å². The monoisotopic (exact) mass is 363 g/mol. The van der Waals surface area contributed by atoms with E-state index in [1.165, 1.54) is 5.56 Å². The maximum Gasteiger partial charge on any atom is 0.292 e. The van der Waals surface area contributed by atoms with Gasteiger partial charge in [0.15, 0.2) is 0 Å². The van der Waals surface area contributed by atoms with Crippen LogP contribution in [0.2, 0.25) is 0 Å². The lowest BCUT2D eigenvalue weighted by Gasteiger charge is -2.19. The molecular weight excluding hydrogens is 338 g/mol. The summed E-state index contributed by atoms with van der Waals surface area (Å²) >= 11 is 0. The minimum atomic E-state index is -0.149. The molecule has 1 amide bonds. The van der Waals surface area contributed by atoms with Gasteiger partial charge in [-0.1, -0.05) is 59.8 Å². The highest BCUT2D eigenvalue weighted by atomic mass is 16.5. The molecular formula is C22H25N3O2. The molecule has 1 heterocycles. The van der Waals surface area contributed by atoms with Crippen molar-refractivity contribution in [3.05, 3.63) is 77.6 Å². The molecule has 0 aliphatic heterocycles. The van der Waals surface area contributed by atoms with Crippen LogP contribution in [0.4, 0.5) is 0 Å². The summed E-state index contributed by atoms with van der Waals surface area (Å²) in [5.74, 6) is 0.115. The molecule has 0 aliphatic carbocycles. The Morgan fingerprint density at radius 1 is 0.963 bits per heavy atom. The van der Waals surface area contributed by atoms with Crippen LogP contribution in [0.25, 0.3) is 11.3 Å². The van der Waals surface area contributed by atoms with E-state index in [1.54, 1.807) is 11.0 Å². The molecule has 0 aliphatic rings. The van der Waals surface area contributed by atoms with Crippen LogP contribution < -0.4 is 0 Å². The van der Waals surface area contributed by atoms with E-state index in [0.29, 0.717) is 18.8 Å². The molecule has 0 unspecified atom stereocenters. The van der Waals surface area contributed by atoms with Crippen LogP contribution in [0.15, 0.2) is 65.2 Å². The van der Waals surface area contributed by atoms with E-state index >= 15 is 0 Å². The SMILES string of the molecule is CCN(Cc1ccc(CN(C)C)cc1)C(=O)c1cc(-c2ccccc2)no1. The molecule has 0 radical (unpaired) electrons. The largest absolute Gasteiger partial charge is 0.350 e. The second-order valence-corrected chi connectivity index (χ2v) is 6.82. The maximum atomic E-state index is 12.8. The van der Waals surface area contributed by atoms with Crippen molar-refractivity contribution in [3.8, 4) is 11.3 Å². The lowest BCUT2D eigenvalue weighted by atomic mass is 10.1. The van der Waals surface area contributed by atoms with E-state index in [4.69, 9.17) is 4.52 Å². The summed E-state index contributed by atoms with van der Waals surface area (Å²) < 4.78 is 5.32. The van der Waals surface area contributed by atoms with Crippen LogP contribution in [0.5, 0.6) is 0 Å². The maximum absolute atomic E-state index is 12.8. The first-order chi connectivity index (χ1) is 13.1. The molecule has 1 aromatic heterocycles. The molecule has 5 nitrogen and oxygen atoms in total. The fraction of sp³-hybridized carbons (Fsp3) is 0.273. The fourth-order valence-corrected chi connectivity index (χ4v) is 2.94. The number of hydrogen-bond donors (Lipinski definition) is 0. The van der Waals surface area contributed by atoms with Crippen molar-refractivity contribution in [1.29, 1.82) is 0 Å². The Hall–Kier alpha value is -2.92. The lowest BCUT2D eigenvalue weighted by Crippen LogP contribution is -2.30. The molecule has 2 aromatic carbocycles. The van der Waals surface area contributed by atoms with E-state index in [1.807, 2.05) is 51.4 Å². The molecule has 0 spiro atoms. The second-order valence-electron chi connectivity index (χ2n) is 6.82. The zero-order chi connectivity index (χ0) is 19.2. The molecule has 0 fully saturated rings. The number of nitrogens with zero attached hydrogens (tertiary/aromatic N) is 3. The van der Waals surface area contributed by atoms with Gasteiger partial charge in [-0.2, -0.15) is 0 Å². The summed E-state index contributed by atoms with van der Waals surface area (Å²) in [5.41, 5.74) is 3.94. The van der Waals surface area contributed by atoms with Gasteiger partial charge in [0.1, 0.15) is 5.69 Å². The Morgan fingerprint density at radius 3 is 2.19 bits per heavy atom. The van der Waals surface area contributed by atoms with Crippen LogP contribution in [0.3, 0.4) is 0 Å². The molecule has 0 saturated heterocycles. The number of carbonyl (C=O) groups excluding carboxylic acids is 1. The zero-order valence-corrected chi connectivity index (χ0v) is 16.1. The summed E-state index contributed by atoms with van der Waals surface area (Å²) in [6.07, 6.45) is 0. The van der Waals surface area contributed by atoms with Crippen molar-refractivity contribution in [3.63, 3.8) is 0 Å². The molecule has 0 N–H and O–H groups in total. The average Bonchev–Trinajstić information content (AvgIpc) is 3.17. The summed E-state index contributed by atoms with van der Waals surface area (Å²) in [7, 11) is 4.10. The number of amides is 1. The Bertz CT molecular complexity index is 870. The van der Waals surface area contributed by atoms with Crippen molar-refractivity contribution in [2.45, 2.75) is 20.0 Å². The van der Waals surface area contributed by atoms with Gasteiger partial charge < -0.3 is 14.3 Å². The molecule has 3 rings (SSSR count). The molecule has 0 saturated carbocycles. The van der Waals surface area contributed by atoms with Crippen LogP contribution >= 0.6 is 0 Å². The standard InChI is InChI=1S/C22H25N3O2/c1-4-25(16-18-12-10-17(11-13-18)15-24(2)3)22(26)21-14-20(23-27-21)19-8-6-5-7-9-19/h5-14H,4,15-16H2,1-3H3. The zero-order valence-electron chi connectivity index (χ0n) is 16.1. The van der Waals surface area contributed by atoms with E-state index < -0.39 is 0 Å². The predicted octanol–water partition coefficient (Wildman–Crippen LogP) is 4.07. The minimum Gasteiger partial charge on any atom is -0.350 e. The minimum absolute atomic E-state index is 0.149. The third-order valence-corrected chi connectivity index (χ3v) is 4.35. The van der Waals surface area contributed by atoms with Gasteiger partial charge in [0.2, 0.25) is 5.76 Å². The third kappa shape index (κ3) is 4.83. The molecule has 27 heavy (non-hydrogen) atoms. The Kier molecular flexibility index (Phi) is 6.04. The Morgan fingerprint density at radius 2 is 1.59 bits per heavy atom. The van der Waals surface area contributed by atoms with Crippen molar-refractivity contribution in [2.24, 2.45) is 0 Å². The average molecular weight is 363 g/mol. The van der Waals surface area contributed by atoms with E-state index in [0.717, 1.165) is 17.7 Å². The van der Waals surface area contributed by atoms with Gasteiger partial charge in [0.25, 0.3) is 5.91 Å². The highest BCUT2D eigenvalue weighted by Gasteiger charge is 2.20. The predicted molar refractivity (Wildman–Crippen MR) is 106 cm³/mol. The lowest BCUT2D eigenvalue weighted by molar-refractivity contribution is 0.0710. The molecule has 140 valence electrons. The Balaban J connectivity index is 1.70. The number of carbonyl (C=O) groups is 1. The highest BCUT2D eigenvalue weighted by Crippen LogP contribution is 2.20. The first-order valence-corrected chi connectivity index (χ1v) is 9.10. The quantitative estimate of drug-likeness (QED) is 0.635. The number of rotatable bonds is 7. The topological polar surface area (TPSA) is 49.6 Å². The number of benzene rings is 2. The van der Waals surface area contributed by atoms with Gasteiger partial charge in [-0.25, -0.2) is 0 Å². The molecule has 5 heteroatoms. The third-order valence-electron chi connectivity index (χ3n) is 4.35. The van der Waals surface area contributed by atoms with Crippen molar-refractivity contribution >= 4 is 5.91 Å². The van der Waals surface area contributed by atoms with Gasteiger partial charge in [-0.05, 0) is 32.1 Å². The van der Waals surface area contributed by atoms with Crippen molar-refractivity contribution < 1.29 is 9.32 Å². The van der Waals surface area contributed by atoms with Gasteiger partial charge in [-0.15, -0.1) is 0 Å². The second kappa shape index (κ2) is 8.64. The Labute approximate surface area is 160 Å². The van der Waals surface area contributed by atoms with E-state index in [9.17, 15) is 4.79 Å². The fourth-order valence-electron chi connectivity index (χ4n) is 2.94. The normalized spacial score (nSPS) is 11.0. The van der Waals surface area contributed by atoms with Gasteiger partial charge >= 0.3 is 0 Å². The van der Waals surface area contributed by atoms with Crippen molar-refractivity contribution in [2.75, 3.05) is 20.6 Å². The highest BCUT2D eigenvalue weighted by molar-refractivity contribution is 5.92. The van der Waals surface area contributed by atoms with Crippen LogP contribution in [-0.2, 0) is 13.1 Å². The van der Waals surface area contributed by atoms with Gasteiger partial charge in [0, 0.05) is 31.3 Å². The van der Waals surface area contributed by atoms with Crippen LogP contribution in [-0.4, -0.2) is 41.5 Å². The molecule has 0 bridgehead atoms.